The van der Waals surface area contributed by atoms with E-state index in [1.807, 2.05) is 46.8 Å². The molecule has 8 heteroatoms. The summed E-state index contributed by atoms with van der Waals surface area (Å²) in [6.07, 6.45) is 4.30. The van der Waals surface area contributed by atoms with Crippen molar-refractivity contribution in [3.8, 4) is 0 Å². The minimum atomic E-state index is -0.577. The molecule has 1 aromatic carbocycles. The highest BCUT2D eigenvalue weighted by Gasteiger charge is 2.46. The summed E-state index contributed by atoms with van der Waals surface area (Å²) in [5, 5.41) is 20.0. The number of amides is 2. The zero-order valence-corrected chi connectivity index (χ0v) is 24.6. The van der Waals surface area contributed by atoms with Crippen LogP contribution in [0.15, 0.2) is 40.2 Å². The first-order valence-electron chi connectivity index (χ1n) is 14.1. The third-order valence-electron chi connectivity index (χ3n) is 8.44. The van der Waals surface area contributed by atoms with E-state index in [9.17, 15) is 19.5 Å². The van der Waals surface area contributed by atoms with E-state index in [2.05, 4.69) is 29.2 Å². The molecule has 4 rings (SSSR count). The number of hydrazone groups is 1. The molecule has 1 saturated carbocycles. The highest BCUT2D eigenvalue weighted by Crippen LogP contribution is 2.45. The fourth-order valence-electron chi connectivity index (χ4n) is 5.89. The predicted molar refractivity (Wildman–Crippen MR) is 156 cm³/mol. The number of nitrogens with zero attached hydrogens (tertiary/aromatic N) is 3. The molecule has 0 atom stereocenters. The highest BCUT2D eigenvalue weighted by atomic mass is 16.3. The van der Waals surface area contributed by atoms with Gasteiger partial charge in [-0.3, -0.25) is 14.4 Å². The SMILES string of the molecule is CCN(CC)c1ccc(C2=C(O)C(=C3C(=O)N(C(C)(C)C)N=C3C)C2=O)c(NC(=O)C(C)(C)C2CCCC2)c1. The monoisotopic (exact) mass is 534 g/mol. The molecular weight excluding hydrogens is 492 g/mol. The van der Waals surface area contributed by atoms with Gasteiger partial charge < -0.3 is 15.3 Å². The van der Waals surface area contributed by atoms with E-state index in [1.165, 1.54) is 5.01 Å². The molecule has 8 nitrogen and oxygen atoms in total. The molecule has 2 N–H and O–H groups in total. The Bertz CT molecular complexity index is 1300. The summed E-state index contributed by atoms with van der Waals surface area (Å²) < 4.78 is 0. The number of aliphatic hydroxyl groups excluding tert-OH is 1. The topological polar surface area (TPSA) is 102 Å². The van der Waals surface area contributed by atoms with Crippen LogP contribution in [-0.2, 0) is 14.4 Å². The van der Waals surface area contributed by atoms with E-state index in [4.69, 9.17) is 0 Å². The number of allylic oxidation sites excluding steroid dienone is 2. The lowest BCUT2D eigenvalue weighted by Crippen LogP contribution is -2.40. The Hall–Kier alpha value is -3.42. The Morgan fingerprint density at radius 1 is 1.05 bits per heavy atom. The summed E-state index contributed by atoms with van der Waals surface area (Å²) in [6.45, 7) is 16.9. The van der Waals surface area contributed by atoms with Crippen molar-refractivity contribution in [2.24, 2.45) is 16.4 Å². The van der Waals surface area contributed by atoms with Crippen molar-refractivity contribution < 1.29 is 19.5 Å². The van der Waals surface area contributed by atoms with Crippen LogP contribution in [0.1, 0.15) is 86.6 Å². The third-order valence-corrected chi connectivity index (χ3v) is 8.44. The molecule has 1 heterocycles. The smallest absolute Gasteiger partial charge is 0.277 e. The molecule has 0 spiro atoms. The summed E-state index contributed by atoms with van der Waals surface area (Å²) in [6, 6.07) is 5.54. The molecule has 210 valence electrons. The Balaban J connectivity index is 1.78. The summed E-state index contributed by atoms with van der Waals surface area (Å²) in [7, 11) is 0. The van der Waals surface area contributed by atoms with Crippen molar-refractivity contribution in [2.75, 3.05) is 23.3 Å². The van der Waals surface area contributed by atoms with Gasteiger partial charge in [0.1, 0.15) is 5.76 Å². The van der Waals surface area contributed by atoms with E-state index in [-0.39, 0.29) is 28.4 Å². The minimum Gasteiger partial charge on any atom is -0.506 e. The number of anilines is 2. The van der Waals surface area contributed by atoms with E-state index in [0.717, 1.165) is 44.5 Å². The largest absolute Gasteiger partial charge is 0.506 e. The Kier molecular flexibility index (Phi) is 7.54. The Labute approximate surface area is 231 Å². The average molecular weight is 535 g/mol. The first-order valence-corrected chi connectivity index (χ1v) is 14.1. The quantitative estimate of drug-likeness (QED) is 0.427. The lowest BCUT2D eigenvalue weighted by Gasteiger charge is -2.32. The standard InChI is InChI=1S/C31H42N4O4/c1-9-34(10-2)20-15-16-21(22(17-20)32-29(39)31(7,8)19-13-11-12-14-19)24-26(36)25(27(24)37)23-18(3)33-35(28(23)38)30(4,5)6/h15-17,19,36H,9-14H2,1-8H3,(H,32,39). The molecule has 2 amide bonds. The summed E-state index contributed by atoms with van der Waals surface area (Å²) >= 11 is 0. The molecule has 0 unspecified atom stereocenters. The van der Waals surface area contributed by atoms with Crippen molar-refractivity contribution in [3.05, 3.63) is 40.7 Å². The van der Waals surface area contributed by atoms with Crippen LogP contribution in [-0.4, -0.2) is 52.1 Å². The van der Waals surface area contributed by atoms with Crippen molar-refractivity contribution in [1.29, 1.82) is 0 Å². The van der Waals surface area contributed by atoms with Gasteiger partial charge in [0.2, 0.25) is 11.7 Å². The molecule has 1 fully saturated rings. The number of ketones is 1. The fourth-order valence-corrected chi connectivity index (χ4v) is 5.89. The number of carbonyl (C=O) groups is 3. The van der Waals surface area contributed by atoms with Crippen LogP contribution >= 0.6 is 0 Å². The van der Waals surface area contributed by atoms with Crippen LogP contribution in [0.2, 0.25) is 0 Å². The van der Waals surface area contributed by atoms with Crippen molar-refractivity contribution in [3.63, 3.8) is 0 Å². The first-order chi connectivity index (χ1) is 18.2. The van der Waals surface area contributed by atoms with Crippen LogP contribution < -0.4 is 10.2 Å². The minimum absolute atomic E-state index is 0.0145. The number of aliphatic hydroxyl groups is 1. The van der Waals surface area contributed by atoms with Crippen LogP contribution in [0.3, 0.4) is 0 Å². The normalized spacial score (nSPS) is 20.5. The summed E-state index contributed by atoms with van der Waals surface area (Å²) in [4.78, 5) is 42.5. The number of benzene rings is 1. The maximum Gasteiger partial charge on any atom is 0.277 e. The number of hydrogen-bond acceptors (Lipinski definition) is 6. The van der Waals surface area contributed by atoms with Crippen LogP contribution in [0.25, 0.3) is 5.57 Å². The zero-order valence-electron chi connectivity index (χ0n) is 24.6. The maximum atomic E-state index is 13.6. The molecule has 0 aromatic heterocycles. The number of nitrogens with one attached hydrogen (secondary N) is 1. The second-order valence-corrected chi connectivity index (χ2v) is 12.3. The van der Waals surface area contributed by atoms with Gasteiger partial charge >= 0.3 is 0 Å². The summed E-state index contributed by atoms with van der Waals surface area (Å²) in [5.41, 5.74) is 1.31. The number of rotatable bonds is 7. The van der Waals surface area contributed by atoms with Gasteiger partial charge in [0.15, 0.2) is 0 Å². The molecule has 0 bridgehead atoms. The molecule has 2 aliphatic carbocycles. The van der Waals surface area contributed by atoms with E-state index in [0.29, 0.717) is 22.9 Å². The van der Waals surface area contributed by atoms with Gasteiger partial charge in [0.05, 0.1) is 33.7 Å². The molecule has 1 aliphatic heterocycles. The van der Waals surface area contributed by atoms with Gasteiger partial charge in [-0.1, -0.05) is 26.7 Å². The molecule has 1 aromatic rings. The lowest BCUT2D eigenvalue weighted by atomic mass is 9.76. The molecular formula is C31H42N4O4. The predicted octanol–water partition coefficient (Wildman–Crippen LogP) is 5.85. The third kappa shape index (κ3) is 4.90. The second kappa shape index (κ2) is 10.3. The molecule has 3 aliphatic rings. The van der Waals surface area contributed by atoms with Gasteiger partial charge in [-0.15, -0.1) is 0 Å². The molecule has 0 radical (unpaired) electrons. The van der Waals surface area contributed by atoms with Crippen molar-refractivity contribution >= 4 is 40.3 Å². The van der Waals surface area contributed by atoms with Gasteiger partial charge in [-0.05, 0) is 78.5 Å². The zero-order chi connectivity index (χ0) is 28.9. The van der Waals surface area contributed by atoms with Gasteiger partial charge in [0, 0.05) is 29.8 Å². The van der Waals surface area contributed by atoms with Crippen LogP contribution in [0.4, 0.5) is 11.4 Å². The summed E-state index contributed by atoms with van der Waals surface area (Å²) in [5.74, 6) is -0.884. The van der Waals surface area contributed by atoms with Gasteiger partial charge in [-0.25, -0.2) is 5.01 Å². The van der Waals surface area contributed by atoms with Crippen molar-refractivity contribution in [1.82, 2.24) is 5.01 Å². The van der Waals surface area contributed by atoms with Crippen LogP contribution in [0.5, 0.6) is 0 Å². The van der Waals surface area contributed by atoms with Gasteiger partial charge in [0.25, 0.3) is 5.91 Å². The Morgan fingerprint density at radius 3 is 2.18 bits per heavy atom. The van der Waals surface area contributed by atoms with E-state index < -0.39 is 22.6 Å². The Morgan fingerprint density at radius 2 is 1.67 bits per heavy atom. The van der Waals surface area contributed by atoms with Crippen LogP contribution in [0, 0.1) is 11.3 Å². The second-order valence-electron chi connectivity index (χ2n) is 12.3. The number of carbonyl (C=O) groups excluding carboxylic acids is 3. The highest BCUT2D eigenvalue weighted by molar-refractivity contribution is 6.44. The average Bonchev–Trinajstić information content (AvgIpc) is 3.51. The maximum absolute atomic E-state index is 13.6. The van der Waals surface area contributed by atoms with E-state index >= 15 is 0 Å². The number of Topliss-reactive ketones (excluding diaryl/α,β-unsaturated/α-hetero) is 1. The van der Waals surface area contributed by atoms with E-state index in [1.54, 1.807) is 13.0 Å². The first kappa shape index (κ1) is 28.6. The fraction of sp³-hybridized carbons (Fsp3) is 0.548. The lowest BCUT2D eigenvalue weighted by molar-refractivity contribution is -0.130. The molecule has 39 heavy (non-hydrogen) atoms. The van der Waals surface area contributed by atoms with Crippen molar-refractivity contribution in [2.45, 2.75) is 86.6 Å². The van der Waals surface area contributed by atoms with Gasteiger partial charge in [-0.2, -0.15) is 5.10 Å². The molecule has 0 saturated heterocycles. The number of hydrogen-bond donors (Lipinski definition) is 2.